The molecule has 0 aliphatic rings. The summed E-state index contributed by atoms with van der Waals surface area (Å²) in [5.74, 6) is 0.449. The first-order valence-electron chi connectivity index (χ1n) is 5.60. The minimum absolute atomic E-state index is 0.227. The fourth-order valence-electron chi connectivity index (χ4n) is 1.47. The van der Waals surface area contributed by atoms with Gasteiger partial charge in [0.2, 0.25) is 5.95 Å². The first-order valence-corrected chi connectivity index (χ1v) is 5.60. The van der Waals surface area contributed by atoms with Crippen LogP contribution in [0.15, 0.2) is 12.4 Å². The van der Waals surface area contributed by atoms with Crippen molar-refractivity contribution in [1.29, 1.82) is 0 Å². The molecule has 0 aliphatic heterocycles. The van der Waals surface area contributed by atoms with Crippen LogP contribution in [-0.4, -0.2) is 27.2 Å². The molecule has 90 valence electrons. The molecule has 1 atom stereocenters. The minimum Gasteiger partial charge on any atom is -0.481 e. The molecule has 0 amide bonds. The number of aromatic nitrogens is 2. The predicted molar refractivity (Wildman–Crippen MR) is 62.4 cm³/mol. The molecule has 2 N–H and O–H groups in total. The van der Waals surface area contributed by atoms with Crippen molar-refractivity contribution >= 4 is 11.9 Å². The molecule has 0 saturated heterocycles. The van der Waals surface area contributed by atoms with Gasteiger partial charge < -0.3 is 15.0 Å². The molecular formula is C11H19N3O2. The van der Waals surface area contributed by atoms with E-state index in [2.05, 4.69) is 17.2 Å². The van der Waals surface area contributed by atoms with E-state index >= 15 is 0 Å². The van der Waals surface area contributed by atoms with Crippen LogP contribution in [0.1, 0.15) is 26.7 Å². The molecule has 1 rings (SSSR count). The lowest BCUT2D eigenvalue weighted by Gasteiger charge is -2.12. The zero-order valence-electron chi connectivity index (χ0n) is 9.81. The number of aryl methyl sites for hydroxylation is 1. The SMILES string of the molecule is CCn1ccnc1NCC(C)CCC(=O)O. The van der Waals surface area contributed by atoms with E-state index in [-0.39, 0.29) is 6.42 Å². The maximum Gasteiger partial charge on any atom is 0.303 e. The Bertz CT molecular complexity index is 336. The highest BCUT2D eigenvalue weighted by Crippen LogP contribution is 2.09. The number of carbonyl (C=O) groups is 1. The van der Waals surface area contributed by atoms with Crippen molar-refractivity contribution in [3.05, 3.63) is 12.4 Å². The maximum absolute atomic E-state index is 10.4. The Kier molecular flexibility index (Phi) is 4.82. The quantitative estimate of drug-likeness (QED) is 0.742. The van der Waals surface area contributed by atoms with Crippen LogP contribution in [0.4, 0.5) is 5.95 Å². The molecule has 1 aromatic rings. The summed E-state index contributed by atoms with van der Waals surface area (Å²) >= 11 is 0. The third-order valence-corrected chi connectivity index (χ3v) is 2.52. The third kappa shape index (κ3) is 3.92. The summed E-state index contributed by atoms with van der Waals surface area (Å²) in [5, 5.41) is 11.8. The lowest BCUT2D eigenvalue weighted by atomic mass is 10.1. The number of carboxylic acids is 1. The van der Waals surface area contributed by atoms with Crippen molar-refractivity contribution in [3.63, 3.8) is 0 Å². The number of nitrogens with one attached hydrogen (secondary N) is 1. The Balaban J connectivity index is 2.31. The van der Waals surface area contributed by atoms with Crippen LogP contribution in [0, 0.1) is 5.92 Å². The van der Waals surface area contributed by atoms with E-state index in [1.54, 1.807) is 6.20 Å². The molecule has 0 spiro atoms. The normalized spacial score (nSPS) is 12.4. The summed E-state index contributed by atoms with van der Waals surface area (Å²) in [5.41, 5.74) is 0. The predicted octanol–water partition coefficient (Wildman–Crippen LogP) is 1.82. The van der Waals surface area contributed by atoms with Crippen molar-refractivity contribution in [2.75, 3.05) is 11.9 Å². The van der Waals surface area contributed by atoms with E-state index < -0.39 is 5.97 Å². The average Bonchev–Trinajstić information content (AvgIpc) is 2.70. The molecule has 1 aromatic heterocycles. The molecule has 1 unspecified atom stereocenters. The molecule has 16 heavy (non-hydrogen) atoms. The van der Waals surface area contributed by atoms with Gasteiger partial charge in [0.15, 0.2) is 0 Å². The zero-order chi connectivity index (χ0) is 12.0. The zero-order valence-corrected chi connectivity index (χ0v) is 9.81. The monoisotopic (exact) mass is 225 g/mol. The van der Waals surface area contributed by atoms with Gasteiger partial charge in [-0.05, 0) is 19.3 Å². The van der Waals surface area contributed by atoms with Gasteiger partial charge in [-0.15, -0.1) is 0 Å². The fourth-order valence-corrected chi connectivity index (χ4v) is 1.47. The Morgan fingerprint density at radius 2 is 2.44 bits per heavy atom. The Hall–Kier alpha value is -1.52. The fraction of sp³-hybridized carbons (Fsp3) is 0.636. The van der Waals surface area contributed by atoms with Gasteiger partial charge in [0.25, 0.3) is 0 Å². The van der Waals surface area contributed by atoms with Gasteiger partial charge in [0, 0.05) is 31.9 Å². The van der Waals surface area contributed by atoms with E-state index in [9.17, 15) is 4.79 Å². The molecule has 0 bridgehead atoms. The molecule has 5 heteroatoms. The van der Waals surface area contributed by atoms with Crippen molar-refractivity contribution < 1.29 is 9.90 Å². The summed E-state index contributed by atoms with van der Waals surface area (Å²) < 4.78 is 2.02. The van der Waals surface area contributed by atoms with Gasteiger partial charge in [0.05, 0.1) is 0 Å². The first-order chi connectivity index (χ1) is 7.63. The second-order valence-electron chi connectivity index (χ2n) is 3.96. The van der Waals surface area contributed by atoms with Gasteiger partial charge in [-0.25, -0.2) is 4.98 Å². The Morgan fingerprint density at radius 3 is 3.06 bits per heavy atom. The molecule has 1 heterocycles. The topological polar surface area (TPSA) is 67.2 Å². The van der Waals surface area contributed by atoms with Crippen molar-refractivity contribution in [2.45, 2.75) is 33.2 Å². The van der Waals surface area contributed by atoms with Crippen LogP contribution in [0.2, 0.25) is 0 Å². The van der Waals surface area contributed by atoms with Crippen LogP contribution >= 0.6 is 0 Å². The summed E-state index contributed by atoms with van der Waals surface area (Å²) in [6, 6.07) is 0. The number of hydrogen-bond donors (Lipinski definition) is 2. The van der Waals surface area contributed by atoms with E-state index in [1.165, 1.54) is 0 Å². The second-order valence-corrected chi connectivity index (χ2v) is 3.96. The van der Waals surface area contributed by atoms with Crippen LogP contribution < -0.4 is 5.32 Å². The lowest BCUT2D eigenvalue weighted by molar-refractivity contribution is -0.137. The van der Waals surface area contributed by atoms with E-state index in [4.69, 9.17) is 5.11 Å². The molecule has 5 nitrogen and oxygen atoms in total. The summed E-state index contributed by atoms with van der Waals surface area (Å²) in [6.07, 6.45) is 4.60. The maximum atomic E-state index is 10.4. The third-order valence-electron chi connectivity index (χ3n) is 2.52. The summed E-state index contributed by atoms with van der Waals surface area (Å²) in [6.45, 7) is 5.73. The molecule has 0 fully saturated rings. The average molecular weight is 225 g/mol. The van der Waals surface area contributed by atoms with Gasteiger partial charge >= 0.3 is 5.97 Å². The highest BCUT2D eigenvalue weighted by molar-refractivity contribution is 5.66. The number of imidazole rings is 1. The molecule has 0 aliphatic carbocycles. The van der Waals surface area contributed by atoms with Crippen LogP contribution in [0.5, 0.6) is 0 Å². The number of anilines is 1. The number of carboxylic acid groups (broad SMARTS) is 1. The number of aliphatic carboxylic acids is 1. The standard InChI is InChI=1S/C11H19N3O2/c1-3-14-7-6-12-11(14)13-8-9(2)4-5-10(15)16/h6-7,9H,3-5,8H2,1-2H3,(H,12,13)(H,15,16). The summed E-state index contributed by atoms with van der Waals surface area (Å²) in [7, 11) is 0. The van der Waals surface area contributed by atoms with Crippen LogP contribution in [0.25, 0.3) is 0 Å². The molecular weight excluding hydrogens is 206 g/mol. The van der Waals surface area contributed by atoms with Gasteiger partial charge in [0.1, 0.15) is 0 Å². The highest BCUT2D eigenvalue weighted by atomic mass is 16.4. The lowest BCUT2D eigenvalue weighted by Crippen LogP contribution is -2.15. The summed E-state index contributed by atoms with van der Waals surface area (Å²) in [4.78, 5) is 14.6. The minimum atomic E-state index is -0.734. The van der Waals surface area contributed by atoms with Crippen molar-refractivity contribution in [3.8, 4) is 0 Å². The Morgan fingerprint density at radius 1 is 1.69 bits per heavy atom. The van der Waals surface area contributed by atoms with Gasteiger partial charge in [-0.2, -0.15) is 0 Å². The number of nitrogens with zero attached hydrogens (tertiary/aromatic N) is 2. The van der Waals surface area contributed by atoms with Gasteiger partial charge in [-0.1, -0.05) is 6.92 Å². The second kappa shape index (κ2) is 6.15. The number of hydrogen-bond acceptors (Lipinski definition) is 3. The molecule has 0 radical (unpaired) electrons. The molecule has 0 aromatic carbocycles. The van der Waals surface area contributed by atoms with E-state index in [1.807, 2.05) is 17.7 Å². The largest absolute Gasteiger partial charge is 0.481 e. The van der Waals surface area contributed by atoms with E-state index in [0.29, 0.717) is 12.3 Å². The number of rotatable bonds is 7. The van der Waals surface area contributed by atoms with Crippen molar-refractivity contribution in [2.24, 2.45) is 5.92 Å². The van der Waals surface area contributed by atoms with Gasteiger partial charge in [-0.3, -0.25) is 4.79 Å². The smallest absolute Gasteiger partial charge is 0.303 e. The molecule has 0 saturated carbocycles. The van der Waals surface area contributed by atoms with E-state index in [0.717, 1.165) is 19.0 Å². The highest BCUT2D eigenvalue weighted by Gasteiger charge is 2.07. The first kappa shape index (κ1) is 12.5. The van der Waals surface area contributed by atoms with Crippen molar-refractivity contribution in [1.82, 2.24) is 9.55 Å². The Labute approximate surface area is 95.5 Å². The van der Waals surface area contributed by atoms with Crippen LogP contribution in [0.3, 0.4) is 0 Å². The van der Waals surface area contributed by atoms with Crippen LogP contribution in [-0.2, 0) is 11.3 Å².